The van der Waals surface area contributed by atoms with Crippen molar-refractivity contribution in [2.24, 2.45) is 11.7 Å². The second kappa shape index (κ2) is 3.96. The maximum Gasteiger partial charge on any atom is 0.217 e. The van der Waals surface area contributed by atoms with Crippen molar-refractivity contribution in [2.45, 2.75) is 25.3 Å². The lowest BCUT2D eigenvalue weighted by molar-refractivity contribution is 0.258. The predicted octanol–water partition coefficient (Wildman–Crippen LogP) is 1.89. The molecule has 1 heterocycles. The summed E-state index contributed by atoms with van der Waals surface area (Å²) in [6.07, 6.45) is 5.51. The summed E-state index contributed by atoms with van der Waals surface area (Å²) >= 11 is 0. The molecule has 0 aliphatic heterocycles. The van der Waals surface area contributed by atoms with Gasteiger partial charge in [-0.3, -0.25) is 0 Å². The number of aromatic nitrogens is 1. The average Bonchev–Trinajstić information content (AvgIpc) is 2.15. The van der Waals surface area contributed by atoms with Crippen LogP contribution in [0.2, 0.25) is 0 Å². The second-order valence-electron chi connectivity index (χ2n) is 3.82. The summed E-state index contributed by atoms with van der Waals surface area (Å²) in [5.74, 6) is 1.29. The Balaban J connectivity index is 2.20. The van der Waals surface area contributed by atoms with Gasteiger partial charge in [-0.2, -0.15) is 0 Å². The van der Waals surface area contributed by atoms with Crippen LogP contribution in [0.1, 0.15) is 30.9 Å². The van der Waals surface area contributed by atoms with Gasteiger partial charge in [-0.15, -0.1) is 0 Å². The van der Waals surface area contributed by atoms with E-state index in [1.54, 1.807) is 13.3 Å². The van der Waals surface area contributed by atoms with Crippen molar-refractivity contribution >= 4 is 0 Å². The molecule has 76 valence electrons. The quantitative estimate of drug-likeness (QED) is 0.795. The molecule has 14 heavy (non-hydrogen) atoms. The molecule has 1 aromatic rings. The lowest BCUT2D eigenvalue weighted by Gasteiger charge is -2.31. The van der Waals surface area contributed by atoms with Crippen LogP contribution in [0.15, 0.2) is 18.3 Å². The molecule has 3 heteroatoms. The Labute approximate surface area is 84.3 Å². The van der Waals surface area contributed by atoms with Crippen LogP contribution in [0.3, 0.4) is 0 Å². The zero-order valence-electron chi connectivity index (χ0n) is 8.44. The van der Waals surface area contributed by atoms with Crippen molar-refractivity contribution in [2.75, 3.05) is 7.11 Å². The SMILES string of the molecule is COc1ncccc1C(N)C1CCC1. The standard InChI is InChI=1S/C11H16N2O/c1-14-11-9(6-3-7-13-11)10(12)8-4-2-5-8/h3,6-8,10H,2,4-5,12H2,1H3. The maximum absolute atomic E-state index is 6.16. The van der Waals surface area contributed by atoms with Crippen LogP contribution < -0.4 is 10.5 Å². The van der Waals surface area contributed by atoms with Gasteiger partial charge in [0.2, 0.25) is 5.88 Å². The molecule has 0 bridgehead atoms. The van der Waals surface area contributed by atoms with Crippen molar-refractivity contribution in [1.29, 1.82) is 0 Å². The first kappa shape index (κ1) is 9.46. The van der Waals surface area contributed by atoms with E-state index in [2.05, 4.69) is 4.98 Å². The Morgan fingerprint density at radius 1 is 1.57 bits per heavy atom. The van der Waals surface area contributed by atoms with E-state index in [1.807, 2.05) is 12.1 Å². The summed E-state index contributed by atoms with van der Waals surface area (Å²) in [7, 11) is 1.64. The fourth-order valence-electron chi connectivity index (χ4n) is 1.88. The number of hydrogen-bond acceptors (Lipinski definition) is 3. The number of pyridine rings is 1. The highest BCUT2D eigenvalue weighted by Crippen LogP contribution is 2.38. The summed E-state index contributed by atoms with van der Waals surface area (Å²) in [5.41, 5.74) is 7.20. The summed E-state index contributed by atoms with van der Waals surface area (Å²) in [6, 6.07) is 4.01. The monoisotopic (exact) mass is 192 g/mol. The molecule has 0 spiro atoms. The Morgan fingerprint density at radius 2 is 2.36 bits per heavy atom. The van der Waals surface area contributed by atoms with E-state index in [0.717, 1.165) is 5.56 Å². The van der Waals surface area contributed by atoms with E-state index in [4.69, 9.17) is 10.5 Å². The molecule has 1 aromatic heterocycles. The first-order valence-corrected chi connectivity index (χ1v) is 5.07. The van der Waals surface area contributed by atoms with Crippen molar-refractivity contribution in [1.82, 2.24) is 4.98 Å². The molecular weight excluding hydrogens is 176 g/mol. The molecule has 0 radical (unpaired) electrons. The van der Waals surface area contributed by atoms with Crippen molar-refractivity contribution < 1.29 is 4.74 Å². The van der Waals surface area contributed by atoms with E-state index < -0.39 is 0 Å². The largest absolute Gasteiger partial charge is 0.481 e. The van der Waals surface area contributed by atoms with Gasteiger partial charge in [0.25, 0.3) is 0 Å². The number of nitrogens with zero attached hydrogens (tertiary/aromatic N) is 1. The lowest BCUT2D eigenvalue weighted by atomic mass is 9.78. The van der Waals surface area contributed by atoms with Crippen LogP contribution in [0.25, 0.3) is 0 Å². The highest BCUT2D eigenvalue weighted by Gasteiger charge is 2.27. The molecule has 3 nitrogen and oxygen atoms in total. The highest BCUT2D eigenvalue weighted by atomic mass is 16.5. The van der Waals surface area contributed by atoms with Crippen LogP contribution in [0, 0.1) is 5.92 Å². The Hall–Kier alpha value is -1.09. The second-order valence-corrected chi connectivity index (χ2v) is 3.82. The van der Waals surface area contributed by atoms with Crippen LogP contribution in [-0.2, 0) is 0 Å². The number of hydrogen-bond donors (Lipinski definition) is 1. The Bertz CT molecular complexity index is 310. The van der Waals surface area contributed by atoms with Gasteiger partial charge in [-0.05, 0) is 24.8 Å². The molecule has 2 N–H and O–H groups in total. The molecule has 0 aromatic carbocycles. The van der Waals surface area contributed by atoms with E-state index in [0.29, 0.717) is 11.8 Å². The molecule has 0 amide bonds. The first-order chi connectivity index (χ1) is 6.83. The van der Waals surface area contributed by atoms with Crippen LogP contribution in [0.5, 0.6) is 5.88 Å². The normalized spacial score (nSPS) is 18.7. The van der Waals surface area contributed by atoms with Gasteiger partial charge in [0.1, 0.15) is 0 Å². The van der Waals surface area contributed by atoms with Gasteiger partial charge in [0.05, 0.1) is 7.11 Å². The zero-order chi connectivity index (χ0) is 9.97. The minimum atomic E-state index is 0.0902. The zero-order valence-corrected chi connectivity index (χ0v) is 8.44. The van der Waals surface area contributed by atoms with Gasteiger partial charge >= 0.3 is 0 Å². The van der Waals surface area contributed by atoms with Gasteiger partial charge in [0.15, 0.2) is 0 Å². The molecule has 1 atom stereocenters. The van der Waals surface area contributed by atoms with Gasteiger partial charge in [0, 0.05) is 17.8 Å². The summed E-state index contributed by atoms with van der Waals surface area (Å²) in [4.78, 5) is 4.16. The number of methoxy groups -OCH3 is 1. The number of ether oxygens (including phenoxy) is 1. The third-order valence-corrected chi connectivity index (χ3v) is 3.01. The summed E-state index contributed by atoms with van der Waals surface area (Å²) in [6.45, 7) is 0. The van der Waals surface area contributed by atoms with Gasteiger partial charge in [-0.25, -0.2) is 4.98 Å². The molecule has 1 aliphatic rings. The van der Waals surface area contributed by atoms with Gasteiger partial charge < -0.3 is 10.5 Å². The highest BCUT2D eigenvalue weighted by molar-refractivity contribution is 5.29. The van der Waals surface area contributed by atoms with Crippen LogP contribution >= 0.6 is 0 Å². The van der Waals surface area contributed by atoms with Gasteiger partial charge in [-0.1, -0.05) is 12.5 Å². The predicted molar refractivity (Wildman–Crippen MR) is 55.1 cm³/mol. The smallest absolute Gasteiger partial charge is 0.217 e. The molecule has 0 saturated heterocycles. The third-order valence-electron chi connectivity index (χ3n) is 3.01. The van der Waals surface area contributed by atoms with Crippen LogP contribution in [0.4, 0.5) is 0 Å². The average molecular weight is 192 g/mol. The molecule has 1 unspecified atom stereocenters. The fourth-order valence-corrected chi connectivity index (χ4v) is 1.88. The molecule has 1 saturated carbocycles. The fraction of sp³-hybridized carbons (Fsp3) is 0.545. The minimum Gasteiger partial charge on any atom is -0.481 e. The van der Waals surface area contributed by atoms with E-state index in [1.165, 1.54) is 19.3 Å². The van der Waals surface area contributed by atoms with Crippen molar-refractivity contribution in [3.8, 4) is 5.88 Å². The first-order valence-electron chi connectivity index (χ1n) is 5.07. The molecular formula is C11H16N2O. The van der Waals surface area contributed by atoms with Crippen LogP contribution in [-0.4, -0.2) is 12.1 Å². The molecule has 1 aliphatic carbocycles. The molecule has 1 fully saturated rings. The van der Waals surface area contributed by atoms with E-state index in [9.17, 15) is 0 Å². The minimum absolute atomic E-state index is 0.0902. The van der Waals surface area contributed by atoms with Crippen molar-refractivity contribution in [3.05, 3.63) is 23.9 Å². The Kier molecular flexibility index (Phi) is 2.68. The summed E-state index contributed by atoms with van der Waals surface area (Å²) < 4.78 is 5.19. The third kappa shape index (κ3) is 1.60. The Morgan fingerprint density at radius 3 is 2.93 bits per heavy atom. The lowest BCUT2D eigenvalue weighted by Crippen LogP contribution is -2.27. The van der Waals surface area contributed by atoms with E-state index in [-0.39, 0.29) is 6.04 Å². The molecule has 2 rings (SSSR count). The topological polar surface area (TPSA) is 48.1 Å². The summed E-state index contributed by atoms with van der Waals surface area (Å²) in [5, 5.41) is 0. The maximum atomic E-state index is 6.16. The van der Waals surface area contributed by atoms with E-state index >= 15 is 0 Å². The number of rotatable bonds is 3. The number of nitrogens with two attached hydrogens (primary N) is 1. The van der Waals surface area contributed by atoms with Crippen molar-refractivity contribution in [3.63, 3.8) is 0 Å².